The molecule has 7 heteroatoms. The molecular formula is C13H24N4O2S. The monoisotopic (exact) mass is 300 g/mol. The highest BCUT2D eigenvalue weighted by atomic mass is 32.2. The van der Waals surface area contributed by atoms with E-state index in [1.54, 1.807) is 18.8 Å². The number of hydrogen-bond donors (Lipinski definition) is 2. The van der Waals surface area contributed by atoms with E-state index in [1.807, 2.05) is 6.92 Å². The molecule has 1 aliphatic heterocycles. The minimum Gasteiger partial charge on any atom is -0.370 e. The molecule has 2 amide bonds. The Morgan fingerprint density at radius 3 is 2.50 bits per heavy atom. The Bertz CT molecular complexity index is 417. The molecule has 0 aliphatic carbocycles. The maximum atomic E-state index is 12.5. The zero-order valence-corrected chi connectivity index (χ0v) is 13.6. The Balaban J connectivity index is 2.79. The molecule has 3 N–H and O–H groups in total. The van der Waals surface area contributed by atoms with Crippen molar-refractivity contribution in [1.29, 1.82) is 0 Å². The molecule has 0 spiro atoms. The lowest BCUT2D eigenvalue weighted by molar-refractivity contribution is -0.133. The normalized spacial score (nSPS) is 20.8. The van der Waals surface area contributed by atoms with Crippen molar-refractivity contribution >= 4 is 28.6 Å². The van der Waals surface area contributed by atoms with Crippen molar-refractivity contribution < 1.29 is 9.59 Å². The van der Waals surface area contributed by atoms with E-state index in [-0.39, 0.29) is 23.1 Å². The van der Waals surface area contributed by atoms with Gasteiger partial charge in [0.05, 0.1) is 6.04 Å². The third kappa shape index (κ3) is 4.21. The minimum absolute atomic E-state index is 0.0267. The van der Waals surface area contributed by atoms with E-state index in [1.165, 1.54) is 5.01 Å². The summed E-state index contributed by atoms with van der Waals surface area (Å²) in [5.41, 5.74) is 5.06. The van der Waals surface area contributed by atoms with E-state index >= 15 is 0 Å². The van der Waals surface area contributed by atoms with Crippen LogP contribution in [0.25, 0.3) is 0 Å². The number of nitrogens with zero attached hydrogens (tertiary/aromatic N) is 2. The van der Waals surface area contributed by atoms with Crippen molar-refractivity contribution in [2.45, 2.75) is 52.0 Å². The zero-order chi connectivity index (χ0) is 15.5. The van der Waals surface area contributed by atoms with Crippen LogP contribution in [0.2, 0.25) is 0 Å². The molecule has 6 nitrogen and oxygen atoms in total. The number of carbonyl (C=O) groups is 2. The fraction of sp³-hybridized carbons (Fsp3) is 0.769. The van der Waals surface area contributed by atoms with Crippen molar-refractivity contribution in [3.05, 3.63) is 0 Å². The fourth-order valence-corrected chi connectivity index (χ4v) is 2.87. The zero-order valence-electron chi connectivity index (χ0n) is 12.8. The summed E-state index contributed by atoms with van der Waals surface area (Å²) in [6.07, 6.45) is 0.571. The standard InChI is InChI=1S/C13H24N4O2S/c1-8-17(16-12(20-8)13(2,3)4)11(19)9(15-5)6-7-10(14)18/h8-9,15H,6-7H2,1-5H3,(H2,14,18)/t8-,9-/m0/s1. The summed E-state index contributed by atoms with van der Waals surface area (Å²) in [4.78, 5) is 23.3. The summed E-state index contributed by atoms with van der Waals surface area (Å²) >= 11 is 1.60. The quantitative estimate of drug-likeness (QED) is 0.796. The second kappa shape index (κ2) is 6.58. The van der Waals surface area contributed by atoms with Gasteiger partial charge >= 0.3 is 0 Å². The highest BCUT2D eigenvalue weighted by Crippen LogP contribution is 2.35. The highest BCUT2D eigenvalue weighted by molar-refractivity contribution is 8.14. The van der Waals surface area contributed by atoms with Crippen LogP contribution in [0.5, 0.6) is 0 Å². The topological polar surface area (TPSA) is 87.8 Å². The van der Waals surface area contributed by atoms with E-state index in [2.05, 4.69) is 31.2 Å². The Hall–Kier alpha value is -1.08. The molecule has 0 aromatic rings. The van der Waals surface area contributed by atoms with Crippen molar-refractivity contribution in [1.82, 2.24) is 10.3 Å². The van der Waals surface area contributed by atoms with Gasteiger partial charge in [0.2, 0.25) is 5.91 Å². The van der Waals surface area contributed by atoms with Gasteiger partial charge in [-0.25, -0.2) is 5.01 Å². The van der Waals surface area contributed by atoms with Crippen LogP contribution in [0, 0.1) is 5.41 Å². The molecule has 1 heterocycles. The second-order valence-corrected chi connectivity index (χ2v) is 7.21. The first kappa shape index (κ1) is 17.0. The number of hydrogen-bond acceptors (Lipinski definition) is 5. The average molecular weight is 300 g/mol. The van der Waals surface area contributed by atoms with Crippen LogP contribution in [-0.2, 0) is 9.59 Å². The Morgan fingerprint density at radius 1 is 1.50 bits per heavy atom. The number of carbonyl (C=O) groups excluding carboxylic acids is 2. The molecule has 0 saturated heterocycles. The first-order chi connectivity index (χ1) is 9.16. The summed E-state index contributed by atoms with van der Waals surface area (Å²) in [5.74, 6) is -0.520. The number of thioether (sulfide) groups is 1. The maximum Gasteiger partial charge on any atom is 0.260 e. The van der Waals surface area contributed by atoms with Crippen molar-refractivity contribution in [3.8, 4) is 0 Å². The Kier molecular flexibility index (Phi) is 5.59. The molecule has 114 valence electrons. The number of nitrogens with one attached hydrogen (secondary N) is 1. The van der Waals surface area contributed by atoms with Gasteiger partial charge in [-0.05, 0) is 20.4 Å². The molecule has 0 aromatic carbocycles. The third-order valence-electron chi connectivity index (χ3n) is 3.02. The molecule has 0 fully saturated rings. The summed E-state index contributed by atoms with van der Waals surface area (Å²) in [5, 5.41) is 9.80. The molecule has 0 radical (unpaired) electrons. The number of nitrogens with two attached hydrogens (primary N) is 1. The van der Waals surface area contributed by atoms with Crippen molar-refractivity contribution in [2.75, 3.05) is 7.05 Å². The van der Waals surface area contributed by atoms with E-state index < -0.39 is 11.9 Å². The van der Waals surface area contributed by atoms with Gasteiger partial charge in [0, 0.05) is 11.8 Å². The van der Waals surface area contributed by atoms with Crippen molar-refractivity contribution in [2.24, 2.45) is 16.3 Å². The third-order valence-corrected chi connectivity index (χ3v) is 4.48. The van der Waals surface area contributed by atoms with Crippen LogP contribution in [0.1, 0.15) is 40.5 Å². The van der Waals surface area contributed by atoms with Crippen molar-refractivity contribution in [3.63, 3.8) is 0 Å². The van der Waals surface area contributed by atoms with Crippen LogP contribution in [0.4, 0.5) is 0 Å². The lowest BCUT2D eigenvalue weighted by Crippen LogP contribution is -2.44. The van der Waals surface area contributed by atoms with Gasteiger partial charge < -0.3 is 11.1 Å². The summed E-state index contributed by atoms with van der Waals surface area (Å²) in [6, 6.07) is -0.436. The van der Waals surface area contributed by atoms with E-state index in [9.17, 15) is 9.59 Å². The molecular weight excluding hydrogens is 276 g/mol. The molecule has 0 unspecified atom stereocenters. The largest absolute Gasteiger partial charge is 0.370 e. The maximum absolute atomic E-state index is 12.5. The summed E-state index contributed by atoms with van der Waals surface area (Å²) in [7, 11) is 1.70. The predicted octanol–water partition coefficient (Wildman–Crippen LogP) is 1.12. The molecule has 1 aliphatic rings. The minimum atomic E-state index is -0.436. The number of likely N-dealkylation sites (N-methyl/N-ethyl adjacent to an activating group) is 1. The van der Waals surface area contributed by atoms with Crippen LogP contribution in [0.3, 0.4) is 0 Å². The first-order valence-corrected chi connectivity index (χ1v) is 7.59. The molecule has 1 rings (SSSR count). The van der Waals surface area contributed by atoms with Gasteiger partial charge in [-0.3, -0.25) is 9.59 Å². The molecule has 20 heavy (non-hydrogen) atoms. The lowest BCUT2D eigenvalue weighted by Gasteiger charge is -2.22. The molecule has 2 atom stereocenters. The SMILES string of the molecule is CN[C@@H](CCC(N)=O)C(=O)N1N=C(C(C)(C)C)S[C@H]1C. The average Bonchev–Trinajstić information content (AvgIpc) is 2.71. The van der Waals surface area contributed by atoms with Crippen LogP contribution in [0.15, 0.2) is 5.10 Å². The number of rotatable bonds is 5. The number of hydrazone groups is 1. The van der Waals surface area contributed by atoms with E-state index in [0.717, 1.165) is 5.04 Å². The van der Waals surface area contributed by atoms with Gasteiger partial charge in [0.1, 0.15) is 10.4 Å². The summed E-state index contributed by atoms with van der Waals surface area (Å²) < 4.78 is 0. The first-order valence-electron chi connectivity index (χ1n) is 6.71. The Labute approximate surface area is 124 Å². The van der Waals surface area contributed by atoms with E-state index in [4.69, 9.17) is 5.73 Å². The van der Waals surface area contributed by atoms with Crippen LogP contribution >= 0.6 is 11.8 Å². The van der Waals surface area contributed by atoms with Gasteiger partial charge in [0.25, 0.3) is 5.91 Å². The van der Waals surface area contributed by atoms with Gasteiger partial charge in [-0.2, -0.15) is 5.10 Å². The van der Waals surface area contributed by atoms with Gasteiger partial charge in [-0.15, -0.1) is 0 Å². The summed E-state index contributed by atoms with van der Waals surface area (Å²) in [6.45, 7) is 8.16. The number of primary amides is 1. The lowest BCUT2D eigenvalue weighted by atomic mass is 9.99. The smallest absolute Gasteiger partial charge is 0.260 e. The van der Waals surface area contributed by atoms with Gasteiger partial charge in [0.15, 0.2) is 0 Å². The highest BCUT2D eigenvalue weighted by Gasteiger charge is 2.36. The second-order valence-electron chi connectivity index (χ2n) is 5.90. The Morgan fingerprint density at radius 2 is 2.10 bits per heavy atom. The molecule has 0 bridgehead atoms. The van der Waals surface area contributed by atoms with E-state index in [0.29, 0.717) is 6.42 Å². The number of amides is 2. The molecule has 0 saturated carbocycles. The van der Waals surface area contributed by atoms with Crippen LogP contribution < -0.4 is 11.1 Å². The molecule has 0 aromatic heterocycles. The van der Waals surface area contributed by atoms with Gasteiger partial charge in [-0.1, -0.05) is 32.5 Å². The van der Waals surface area contributed by atoms with Crippen LogP contribution in [-0.4, -0.2) is 40.3 Å². The predicted molar refractivity (Wildman–Crippen MR) is 82.1 cm³/mol. The fourth-order valence-electron chi connectivity index (χ4n) is 1.81.